The number of nitrogens with one attached hydrogen (secondary N) is 2. The van der Waals surface area contributed by atoms with Gasteiger partial charge in [-0.05, 0) is 24.3 Å². The van der Waals surface area contributed by atoms with Crippen LogP contribution < -0.4 is 10.0 Å². The quantitative estimate of drug-likeness (QED) is 0.622. The van der Waals surface area contributed by atoms with E-state index in [0.29, 0.717) is 5.69 Å². The van der Waals surface area contributed by atoms with Gasteiger partial charge in [-0.25, -0.2) is 17.9 Å². The Morgan fingerprint density at radius 1 is 1.19 bits per heavy atom. The molecule has 0 aliphatic heterocycles. The molecule has 0 aliphatic carbocycles. The summed E-state index contributed by atoms with van der Waals surface area (Å²) in [7, 11) is -3.53. The Bertz CT molecular complexity index is 597. The highest BCUT2D eigenvalue weighted by atomic mass is 32.2. The van der Waals surface area contributed by atoms with Crippen molar-refractivity contribution >= 4 is 27.6 Å². The van der Waals surface area contributed by atoms with Gasteiger partial charge in [0, 0.05) is 12.2 Å². The van der Waals surface area contributed by atoms with Gasteiger partial charge in [0.05, 0.1) is 4.90 Å². The van der Waals surface area contributed by atoms with Crippen LogP contribution in [0.2, 0.25) is 0 Å². The third-order valence-electron chi connectivity index (χ3n) is 2.24. The molecule has 21 heavy (non-hydrogen) atoms. The minimum atomic E-state index is -3.53. The predicted molar refractivity (Wildman–Crippen MR) is 74.4 cm³/mol. The molecule has 0 saturated carbocycles. The first-order chi connectivity index (χ1) is 9.85. The normalized spacial score (nSPS) is 11.1. The Labute approximate surface area is 122 Å². The van der Waals surface area contributed by atoms with E-state index in [1.165, 1.54) is 24.3 Å². The summed E-state index contributed by atoms with van der Waals surface area (Å²) in [5.41, 5.74) is 0.384. The lowest BCUT2D eigenvalue weighted by atomic mass is 10.3. The van der Waals surface area contributed by atoms with E-state index in [0.717, 1.165) is 0 Å². The lowest BCUT2D eigenvalue weighted by Gasteiger charge is -2.07. The van der Waals surface area contributed by atoms with Gasteiger partial charge in [0.15, 0.2) is 0 Å². The molecule has 3 N–H and O–H groups in total. The molecule has 1 aromatic rings. The molecule has 0 spiro atoms. The van der Waals surface area contributed by atoms with Crippen LogP contribution in [0, 0.1) is 0 Å². The fourth-order valence-corrected chi connectivity index (χ4v) is 2.46. The Kier molecular flexibility index (Phi) is 6.28. The number of amides is 1. The molecule has 8 nitrogen and oxygen atoms in total. The topological polar surface area (TPSA) is 122 Å². The van der Waals surface area contributed by atoms with Gasteiger partial charge in [-0.1, -0.05) is 6.92 Å². The first kappa shape index (κ1) is 17.1. The zero-order valence-corrected chi connectivity index (χ0v) is 12.1. The smallest absolute Gasteiger partial charge is 0.329 e. The molecule has 0 heterocycles. The lowest BCUT2D eigenvalue weighted by molar-refractivity contribution is -0.143. The van der Waals surface area contributed by atoms with Crippen LogP contribution in [0.3, 0.4) is 0 Å². The van der Waals surface area contributed by atoms with Gasteiger partial charge in [-0.15, -0.1) is 0 Å². The monoisotopic (exact) mass is 316 g/mol. The summed E-state index contributed by atoms with van der Waals surface area (Å²) < 4.78 is 30.4. The SMILES string of the molecule is CCNS(=O)(=O)c1ccc(NC(=O)COCC(=O)O)cc1. The van der Waals surface area contributed by atoms with Crippen LogP contribution in [0.25, 0.3) is 0 Å². The second kappa shape index (κ2) is 7.72. The number of anilines is 1. The standard InChI is InChI=1S/C12H16N2O6S/c1-2-13-21(18,19)10-5-3-9(4-6-10)14-11(15)7-20-8-12(16)17/h3-6,13H,2,7-8H2,1H3,(H,14,15)(H,16,17). The zero-order chi connectivity index (χ0) is 15.9. The van der Waals surface area contributed by atoms with E-state index in [1.54, 1.807) is 6.92 Å². The summed E-state index contributed by atoms with van der Waals surface area (Å²) in [5, 5.41) is 10.8. The summed E-state index contributed by atoms with van der Waals surface area (Å²) in [5.74, 6) is -1.70. The van der Waals surface area contributed by atoms with Crippen LogP contribution in [0.1, 0.15) is 6.92 Å². The number of hydrogen-bond acceptors (Lipinski definition) is 5. The highest BCUT2D eigenvalue weighted by molar-refractivity contribution is 7.89. The lowest BCUT2D eigenvalue weighted by Crippen LogP contribution is -2.23. The zero-order valence-electron chi connectivity index (χ0n) is 11.3. The van der Waals surface area contributed by atoms with Gasteiger partial charge in [-0.3, -0.25) is 4.79 Å². The average molecular weight is 316 g/mol. The van der Waals surface area contributed by atoms with Crippen LogP contribution in [0.15, 0.2) is 29.2 Å². The Morgan fingerprint density at radius 2 is 1.81 bits per heavy atom. The summed E-state index contributed by atoms with van der Waals surface area (Å²) in [6.07, 6.45) is 0. The van der Waals surface area contributed by atoms with E-state index < -0.39 is 35.1 Å². The van der Waals surface area contributed by atoms with Crippen molar-refractivity contribution in [1.29, 1.82) is 0 Å². The molecule has 1 amide bonds. The Hall–Kier alpha value is -1.97. The summed E-state index contributed by atoms with van der Waals surface area (Å²) in [6.45, 7) is 0.988. The van der Waals surface area contributed by atoms with Crippen LogP contribution >= 0.6 is 0 Å². The number of sulfonamides is 1. The molecule has 1 rings (SSSR count). The maximum Gasteiger partial charge on any atom is 0.329 e. The number of aliphatic carboxylic acids is 1. The maximum atomic E-state index is 11.7. The van der Waals surface area contributed by atoms with E-state index in [-0.39, 0.29) is 11.4 Å². The summed E-state index contributed by atoms with van der Waals surface area (Å²) in [6, 6.07) is 5.57. The molecular weight excluding hydrogens is 300 g/mol. The van der Waals surface area contributed by atoms with Crippen molar-refractivity contribution in [2.24, 2.45) is 0 Å². The van der Waals surface area contributed by atoms with Crippen molar-refractivity contribution in [3.63, 3.8) is 0 Å². The number of carboxylic acid groups (broad SMARTS) is 1. The fraction of sp³-hybridized carbons (Fsp3) is 0.333. The molecule has 116 valence electrons. The number of carboxylic acids is 1. The van der Waals surface area contributed by atoms with Crippen LogP contribution in [0.5, 0.6) is 0 Å². The highest BCUT2D eigenvalue weighted by Crippen LogP contribution is 2.13. The number of hydrogen-bond donors (Lipinski definition) is 3. The van der Waals surface area contributed by atoms with Gasteiger partial charge in [0.1, 0.15) is 13.2 Å². The molecule has 0 radical (unpaired) electrons. The van der Waals surface area contributed by atoms with Crippen LogP contribution in [0.4, 0.5) is 5.69 Å². The number of carbonyl (C=O) groups is 2. The van der Waals surface area contributed by atoms with E-state index in [4.69, 9.17) is 5.11 Å². The maximum absolute atomic E-state index is 11.7. The molecule has 0 unspecified atom stereocenters. The molecular formula is C12H16N2O6S. The van der Waals surface area contributed by atoms with Crippen molar-refractivity contribution in [1.82, 2.24) is 4.72 Å². The fourth-order valence-electron chi connectivity index (χ4n) is 1.42. The van der Waals surface area contributed by atoms with E-state index >= 15 is 0 Å². The molecule has 0 atom stereocenters. The molecule has 0 saturated heterocycles. The van der Waals surface area contributed by atoms with Gasteiger partial charge in [0.25, 0.3) is 0 Å². The predicted octanol–water partition coefficient (Wildman–Crippen LogP) is 0.0245. The molecule has 9 heteroatoms. The van der Waals surface area contributed by atoms with Crippen molar-refractivity contribution in [3.05, 3.63) is 24.3 Å². The largest absolute Gasteiger partial charge is 0.480 e. The minimum absolute atomic E-state index is 0.0875. The van der Waals surface area contributed by atoms with Gasteiger partial charge < -0.3 is 15.2 Å². The second-order valence-electron chi connectivity index (χ2n) is 3.96. The molecule has 0 bridgehead atoms. The third-order valence-corrected chi connectivity index (χ3v) is 3.80. The highest BCUT2D eigenvalue weighted by Gasteiger charge is 2.12. The Balaban J connectivity index is 2.59. The number of ether oxygens (including phenoxy) is 1. The van der Waals surface area contributed by atoms with E-state index in [1.807, 2.05) is 0 Å². The van der Waals surface area contributed by atoms with Crippen molar-refractivity contribution < 1.29 is 27.9 Å². The van der Waals surface area contributed by atoms with Gasteiger partial charge in [0.2, 0.25) is 15.9 Å². The average Bonchev–Trinajstić information content (AvgIpc) is 2.38. The Morgan fingerprint density at radius 3 is 2.33 bits per heavy atom. The van der Waals surface area contributed by atoms with Crippen molar-refractivity contribution in [3.8, 4) is 0 Å². The summed E-state index contributed by atoms with van der Waals surface area (Å²) in [4.78, 5) is 21.7. The number of benzene rings is 1. The van der Waals surface area contributed by atoms with Crippen molar-refractivity contribution in [2.45, 2.75) is 11.8 Å². The second-order valence-corrected chi connectivity index (χ2v) is 5.73. The first-order valence-corrected chi connectivity index (χ1v) is 7.52. The van der Waals surface area contributed by atoms with E-state index in [9.17, 15) is 18.0 Å². The molecule has 0 fully saturated rings. The van der Waals surface area contributed by atoms with Crippen LogP contribution in [-0.4, -0.2) is 45.2 Å². The van der Waals surface area contributed by atoms with Crippen molar-refractivity contribution in [2.75, 3.05) is 25.1 Å². The van der Waals surface area contributed by atoms with Gasteiger partial charge in [-0.2, -0.15) is 0 Å². The third kappa shape index (κ3) is 5.90. The van der Waals surface area contributed by atoms with Crippen LogP contribution in [-0.2, 0) is 24.3 Å². The minimum Gasteiger partial charge on any atom is -0.480 e. The van der Waals surface area contributed by atoms with E-state index in [2.05, 4.69) is 14.8 Å². The summed E-state index contributed by atoms with van der Waals surface area (Å²) >= 11 is 0. The molecule has 1 aromatic carbocycles. The van der Waals surface area contributed by atoms with Gasteiger partial charge >= 0.3 is 5.97 Å². The molecule has 0 aliphatic rings. The number of rotatable bonds is 8. The molecule has 0 aromatic heterocycles. The number of carbonyl (C=O) groups excluding carboxylic acids is 1. The first-order valence-electron chi connectivity index (χ1n) is 6.04.